The maximum Gasteiger partial charge on any atom is 0.134 e. The Labute approximate surface area is 309 Å². The molecule has 10 aromatic rings. The topological polar surface area (TPSA) is 33.6 Å². The molecule has 0 aliphatic carbocycles. The first kappa shape index (κ1) is 31.4. The summed E-state index contributed by atoms with van der Waals surface area (Å²) in [7, 11) is 0. The highest BCUT2D eigenvalue weighted by molar-refractivity contribution is 6.12. The van der Waals surface area contributed by atoms with Gasteiger partial charge < -0.3 is 9.13 Å². The highest BCUT2D eigenvalue weighted by atomic mass is 19.1. The predicted octanol–water partition coefficient (Wildman–Crippen LogP) is 13.0. The van der Waals surface area contributed by atoms with Gasteiger partial charge >= 0.3 is 0 Å². The number of hydrogen-bond acceptors (Lipinski definition) is 1. The molecule has 0 unspecified atom stereocenters. The molecule has 0 spiro atoms. The summed E-state index contributed by atoms with van der Waals surface area (Å²) in [5.41, 5.74) is 9.17. The lowest BCUT2D eigenvalue weighted by molar-refractivity contribution is 0.589. The monoisotopic (exact) mass is 697 g/mol. The van der Waals surface area contributed by atoms with Crippen LogP contribution in [0.4, 0.5) is 8.78 Å². The van der Waals surface area contributed by atoms with E-state index in [1.165, 1.54) is 18.2 Å². The number of aromatic nitrogens is 2. The van der Waals surface area contributed by atoms with Crippen molar-refractivity contribution < 1.29 is 8.78 Å². The van der Waals surface area contributed by atoms with Crippen molar-refractivity contribution in [2.24, 2.45) is 0 Å². The molecule has 254 valence electrons. The molecule has 3 nitrogen and oxygen atoms in total. The molecule has 0 aliphatic rings. The van der Waals surface area contributed by atoms with Gasteiger partial charge in [0, 0.05) is 27.1 Å². The maximum atomic E-state index is 16.2. The lowest BCUT2D eigenvalue weighted by Crippen LogP contribution is -2.05. The Kier molecular flexibility index (Phi) is 7.24. The van der Waals surface area contributed by atoms with E-state index in [0.717, 1.165) is 65.9 Å². The molecule has 0 atom stereocenters. The largest absolute Gasteiger partial charge is 0.309 e. The number of nitriles is 1. The van der Waals surface area contributed by atoms with Gasteiger partial charge in [-0.05, 0) is 70.8 Å². The van der Waals surface area contributed by atoms with Crippen LogP contribution < -0.4 is 0 Å². The molecular formula is C49H29F2N3. The zero-order valence-corrected chi connectivity index (χ0v) is 28.8. The summed E-state index contributed by atoms with van der Waals surface area (Å²) < 4.78 is 36.4. The first-order valence-corrected chi connectivity index (χ1v) is 17.8. The summed E-state index contributed by atoms with van der Waals surface area (Å²) in [6.45, 7) is 0. The van der Waals surface area contributed by atoms with E-state index in [0.29, 0.717) is 22.5 Å². The summed E-state index contributed by atoms with van der Waals surface area (Å²) >= 11 is 0. The molecule has 0 N–H and O–H groups in total. The van der Waals surface area contributed by atoms with E-state index in [2.05, 4.69) is 83.4 Å². The van der Waals surface area contributed by atoms with Crippen molar-refractivity contribution in [2.45, 2.75) is 0 Å². The van der Waals surface area contributed by atoms with Crippen molar-refractivity contribution >= 4 is 43.6 Å². The number of fused-ring (bicyclic) bond motifs is 6. The van der Waals surface area contributed by atoms with E-state index in [9.17, 15) is 5.26 Å². The van der Waals surface area contributed by atoms with Crippen molar-refractivity contribution in [2.75, 3.05) is 0 Å². The Bertz CT molecular complexity index is 3110. The second kappa shape index (κ2) is 12.4. The molecule has 2 aromatic heterocycles. The van der Waals surface area contributed by atoms with E-state index in [1.54, 1.807) is 12.1 Å². The van der Waals surface area contributed by atoms with Crippen molar-refractivity contribution in [3.05, 3.63) is 193 Å². The molecule has 0 saturated heterocycles. The van der Waals surface area contributed by atoms with Gasteiger partial charge in [-0.1, -0.05) is 127 Å². The molecule has 5 heteroatoms. The number of rotatable bonds is 5. The summed E-state index contributed by atoms with van der Waals surface area (Å²) in [5.74, 6) is -1.38. The second-order valence-electron chi connectivity index (χ2n) is 13.5. The summed E-state index contributed by atoms with van der Waals surface area (Å²) in [6.07, 6.45) is 0. The minimum absolute atomic E-state index is 0.158. The van der Waals surface area contributed by atoms with Crippen LogP contribution >= 0.6 is 0 Å². The fraction of sp³-hybridized carbons (Fsp3) is 0. The van der Waals surface area contributed by atoms with Crippen LogP contribution in [0.2, 0.25) is 0 Å². The third-order valence-corrected chi connectivity index (χ3v) is 10.5. The van der Waals surface area contributed by atoms with Crippen LogP contribution in [-0.4, -0.2) is 9.13 Å². The summed E-state index contributed by atoms with van der Waals surface area (Å²) in [6, 6.07) is 59.0. The van der Waals surface area contributed by atoms with Crippen LogP contribution in [0.1, 0.15) is 5.56 Å². The van der Waals surface area contributed by atoms with E-state index >= 15 is 8.78 Å². The van der Waals surface area contributed by atoms with Crippen LogP contribution in [0.25, 0.3) is 88.4 Å². The zero-order valence-electron chi connectivity index (χ0n) is 28.8. The Morgan fingerprint density at radius 2 is 0.852 bits per heavy atom. The normalized spacial score (nSPS) is 11.5. The number of hydrogen-bond donors (Lipinski definition) is 0. The van der Waals surface area contributed by atoms with E-state index in [1.807, 2.05) is 77.4 Å². The van der Waals surface area contributed by atoms with Gasteiger partial charge in [-0.15, -0.1) is 0 Å². The molecule has 0 bridgehead atoms. The number of nitrogens with zero attached hydrogens (tertiary/aromatic N) is 3. The first-order valence-electron chi connectivity index (χ1n) is 17.8. The van der Waals surface area contributed by atoms with Gasteiger partial charge in [0.15, 0.2) is 0 Å². The lowest BCUT2D eigenvalue weighted by atomic mass is 9.98. The Morgan fingerprint density at radius 1 is 0.389 bits per heavy atom. The van der Waals surface area contributed by atoms with Crippen molar-refractivity contribution in [1.82, 2.24) is 9.13 Å². The number of benzene rings is 8. The fourth-order valence-electron chi connectivity index (χ4n) is 8.07. The molecular weight excluding hydrogens is 669 g/mol. The smallest absolute Gasteiger partial charge is 0.134 e. The van der Waals surface area contributed by atoms with Gasteiger partial charge in [-0.25, -0.2) is 8.78 Å². The van der Waals surface area contributed by atoms with Gasteiger partial charge in [0.25, 0.3) is 0 Å². The SMILES string of the molecule is N#Cc1cc(-n2c3ccccc3c3ccc(-c4ccccc4)cc32)c(-c2c(F)cccc2F)cc1-n1c2ccccc2c2ccc(-c3ccccc3)cc21. The van der Waals surface area contributed by atoms with Gasteiger partial charge in [0.1, 0.15) is 17.7 Å². The van der Waals surface area contributed by atoms with Gasteiger partial charge in [-0.2, -0.15) is 5.26 Å². The van der Waals surface area contributed by atoms with Crippen LogP contribution in [0.15, 0.2) is 176 Å². The minimum atomic E-state index is -0.689. The summed E-state index contributed by atoms with van der Waals surface area (Å²) in [5, 5.41) is 15.0. The van der Waals surface area contributed by atoms with Crippen LogP contribution in [0.5, 0.6) is 0 Å². The highest BCUT2D eigenvalue weighted by Gasteiger charge is 2.25. The zero-order chi connectivity index (χ0) is 36.3. The molecule has 0 amide bonds. The molecule has 2 heterocycles. The van der Waals surface area contributed by atoms with Crippen LogP contribution in [-0.2, 0) is 0 Å². The van der Waals surface area contributed by atoms with Crippen molar-refractivity contribution in [3.8, 4) is 50.8 Å². The van der Waals surface area contributed by atoms with E-state index in [4.69, 9.17) is 0 Å². The predicted molar refractivity (Wildman–Crippen MR) is 216 cm³/mol. The average Bonchev–Trinajstić information content (AvgIpc) is 3.73. The number of para-hydroxylation sites is 2. The molecule has 0 aliphatic heterocycles. The highest BCUT2D eigenvalue weighted by Crippen LogP contribution is 2.43. The molecule has 0 fully saturated rings. The molecule has 0 radical (unpaired) electrons. The standard InChI is InChI=1S/C49H29F2N3/c50-41-18-11-19-42(51)49(41)40-29-45(53-43-20-9-7-16-36(43)38-24-22-33(26-46(38)53)31-12-3-1-4-13-31)35(30-52)28-48(40)54-44-21-10-8-17-37(44)39-25-23-34(27-47(39)54)32-14-5-2-6-15-32/h1-29H. The third kappa shape index (κ3) is 4.85. The summed E-state index contributed by atoms with van der Waals surface area (Å²) in [4.78, 5) is 0. The lowest BCUT2D eigenvalue weighted by Gasteiger charge is -2.19. The maximum absolute atomic E-state index is 16.2. The molecule has 10 rings (SSSR count). The van der Waals surface area contributed by atoms with Gasteiger partial charge in [-0.3, -0.25) is 0 Å². The molecule has 0 saturated carbocycles. The minimum Gasteiger partial charge on any atom is -0.309 e. The second-order valence-corrected chi connectivity index (χ2v) is 13.5. The van der Waals surface area contributed by atoms with Crippen molar-refractivity contribution in [1.29, 1.82) is 5.26 Å². The van der Waals surface area contributed by atoms with Crippen LogP contribution in [0.3, 0.4) is 0 Å². The molecule has 8 aromatic carbocycles. The van der Waals surface area contributed by atoms with E-state index < -0.39 is 11.6 Å². The van der Waals surface area contributed by atoms with Gasteiger partial charge in [0.2, 0.25) is 0 Å². The Balaban J connectivity index is 1.33. The molecule has 54 heavy (non-hydrogen) atoms. The van der Waals surface area contributed by atoms with Crippen molar-refractivity contribution in [3.63, 3.8) is 0 Å². The van der Waals surface area contributed by atoms with Crippen LogP contribution in [0, 0.1) is 23.0 Å². The number of halogens is 2. The van der Waals surface area contributed by atoms with E-state index in [-0.39, 0.29) is 5.56 Å². The van der Waals surface area contributed by atoms with Gasteiger partial charge in [0.05, 0.1) is 44.6 Å². The third-order valence-electron chi connectivity index (χ3n) is 10.5. The fourth-order valence-corrected chi connectivity index (χ4v) is 8.07. The Morgan fingerprint density at radius 3 is 1.37 bits per heavy atom. The average molecular weight is 698 g/mol. The Hall–Kier alpha value is -7.29. The first-order chi connectivity index (χ1) is 26.6. The quantitative estimate of drug-likeness (QED) is 0.176.